The van der Waals surface area contributed by atoms with Crippen molar-refractivity contribution in [2.24, 2.45) is 9.98 Å². The molecule has 0 spiro atoms. The summed E-state index contributed by atoms with van der Waals surface area (Å²) in [7, 11) is 0. The Labute approximate surface area is 447 Å². The molecule has 0 aromatic heterocycles. The van der Waals surface area contributed by atoms with Gasteiger partial charge < -0.3 is 19.3 Å². The van der Waals surface area contributed by atoms with E-state index in [4.69, 9.17) is 19.5 Å². The van der Waals surface area contributed by atoms with Crippen LogP contribution in [-0.2, 0) is 31.4 Å². The molecule has 1 saturated heterocycles. The number of carbonyl (C=O) groups excluding carboxylic acids is 2. The van der Waals surface area contributed by atoms with Gasteiger partial charge in [0.2, 0.25) is 0 Å². The first-order valence-electron chi connectivity index (χ1n) is 25.0. The van der Waals surface area contributed by atoms with Gasteiger partial charge in [-0.15, -0.1) is 0 Å². The lowest BCUT2D eigenvalue weighted by atomic mass is 9.95. The van der Waals surface area contributed by atoms with E-state index in [2.05, 4.69) is 21.9 Å². The molecule has 0 N–H and O–H groups in total. The molecular formula is C56H58F6N8O4S2. The number of amidine groups is 2. The minimum Gasteiger partial charge on any atom is -0.463 e. The summed E-state index contributed by atoms with van der Waals surface area (Å²) in [5, 5.41) is 19.7. The van der Waals surface area contributed by atoms with Gasteiger partial charge in [-0.3, -0.25) is 9.80 Å². The molecule has 0 aliphatic carbocycles. The lowest BCUT2D eigenvalue weighted by Crippen LogP contribution is -2.46. The highest BCUT2D eigenvalue weighted by Crippen LogP contribution is 2.43. The second kappa shape index (κ2) is 26.0. The lowest BCUT2D eigenvalue weighted by molar-refractivity contribution is -0.139. The summed E-state index contributed by atoms with van der Waals surface area (Å²) >= 11 is 2.82. The van der Waals surface area contributed by atoms with Crippen LogP contribution in [0.15, 0.2) is 130 Å². The fourth-order valence-corrected chi connectivity index (χ4v) is 11.3. The summed E-state index contributed by atoms with van der Waals surface area (Å²) in [5.41, 5.74) is 2.06. The van der Waals surface area contributed by atoms with Crippen LogP contribution >= 0.6 is 23.5 Å². The number of hydrogen-bond acceptors (Lipinski definition) is 14. The molecule has 0 bridgehead atoms. The molecule has 3 aliphatic rings. The molecule has 4 aromatic rings. The monoisotopic (exact) mass is 1080 g/mol. The van der Waals surface area contributed by atoms with Gasteiger partial charge in [0, 0.05) is 60.5 Å². The van der Waals surface area contributed by atoms with E-state index in [1.807, 2.05) is 0 Å². The Morgan fingerprint density at radius 1 is 0.592 bits per heavy atom. The lowest BCUT2D eigenvalue weighted by Gasteiger charge is -2.36. The topological polar surface area (TPSA) is 138 Å². The van der Waals surface area contributed by atoms with Gasteiger partial charge in [0.1, 0.15) is 12.1 Å². The van der Waals surface area contributed by atoms with Crippen molar-refractivity contribution in [3.05, 3.63) is 153 Å². The molecule has 400 valence electrons. The smallest absolute Gasteiger partial charge is 0.416 e. The Bertz CT molecular complexity index is 2920. The van der Waals surface area contributed by atoms with E-state index in [0.29, 0.717) is 55.5 Å². The molecule has 2 atom stereocenters. The van der Waals surface area contributed by atoms with Crippen molar-refractivity contribution in [2.75, 3.05) is 73.8 Å². The number of anilines is 2. The number of esters is 2. The number of piperazine rings is 1. The first kappa shape index (κ1) is 57.1. The summed E-state index contributed by atoms with van der Waals surface area (Å²) in [6.45, 7) is 12.0. The number of alkyl halides is 6. The number of thioether (sulfide) groups is 2. The maximum Gasteiger partial charge on any atom is 0.416 e. The number of nitrogens with zero attached hydrogens (tertiary/aromatic N) is 8. The van der Waals surface area contributed by atoms with Crippen LogP contribution < -0.4 is 9.80 Å². The SMILES string of the molecule is CCOC(=O)C1=C(C)N(c2cccc(C(F)(F)F)c2)C(SCCCCCN2CCN(CCCSC3=NC(c4ccc(C#N)cc4)C(C(=O)OCC)=C(C)N3c3cccc(C(F)(F)F)c3)CC2)=NC1c1ccc(C#N)cc1. The van der Waals surface area contributed by atoms with Crippen molar-refractivity contribution >= 4 is 57.2 Å². The van der Waals surface area contributed by atoms with Crippen molar-refractivity contribution in [2.45, 2.75) is 77.8 Å². The summed E-state index contributed by atoms with van der Waals surface area (Å²) in [4.78, 5) is 45.1. The van der Waals surface area contributed by atoms with Gasteiger partial charge in [0.25, 0.3) is 0 Å². The number of nitriles is 2. The van der Waals surface area contributed by atoms with Crippen LogP contribution in [0, 0.1) is 22.7 Å². The Kier molecular flexibility index (Phi) is 19.5. The molecule has 0 amide bonds. The molecular weight excluding hydrogens is 1030 g/mol. The van der Waals surface area contributed by atoms with E-state index in [-0.39, 0.29) is 35.7 Å². The van der Waals surface area contributed by atoms with Crippen LogP contribution in [0.5, 0.6) is 0 Å². The Morgan fingerprint density at radius 3 is 1.37 bits per heavy atom. The molecule has 3 heterocycles. The quantitative estimate of drug-likeness (QED) is 0.0532. The van der Waals surface area contributed by atoms with Crippen molar-refractivity contribution < 1.29 is 45.4 Å². The first-order valence-corrected chi connectivity index (χ1v) is 27.0. The molecule has 0 radical (unpaired) electrons. The normalized spacial score (nSPS) is 17.7. The van der Waals surface area contributed by atoms with E-state index < -0.39 is 47.5 Å². The van der Waals surface area contributed by atoms with Crippen molar-refractivity contribution in [3.63, 3.8) is 0 Å². The summed E-state index contributed by atoms with van der Waals surface area (Å²) in [6.07, 6.45) is -5.80. The van der Waals surface area contributed by atoms with Crippen LogP contribution in [0.2, 0.25) is 0 Å². The number of halogens is 6. The Hall–Kier alpha value is -6.58. The average Bonchev–Trinajstić information content (AvgIpc) is 3.42. The largest absolute Gasteiger partial charge is 0.463 e. The third-order valence-electron chi connectivity index (χ3n) is 13.1. The molecule has 0 saturated carbocycles. The summed E-state index contributed by atoms with van der Waals surface area (Å²) in [5.74, 6) is -0.0552. The summed E-state index contributed by atoms with van der Waals surface area (Å²) < 4.78 is 94.8. The number of carbonyl (C=O) groups is 2. The van der Waals surface area contributed by atoms with E-state index in [9.17, 15) is 46.5 Å². The minimum absolute atomic E-state index is 0.0831. The molecule has 4 aromatic carbocycles. The third-order valence-corrected chi connectivity index (χ3v) is 15.2. The number of hydrogen-bond donors (Lipinski definition) is 0. The highest BCUT2D eigenvalue weighted by molar-refractivity contribution is 8.14. The van der Waals surface area contributed by atoms with Crippen LogP contribution in [0.3, 0.4) is 0 Å². The minimum atomic E-state index is -4.60. The zero-order valence-electron chi connectivity index (χ0n) is 42.6. The zero-order valence-corrected chi connectivity index (χ0v) is 44.2. The van der Waals surface area contributed by atoms with Gasteiger partial charge in [-0.05, 0) is 132 Å². The first-order chi connectivity index (χ1) is 36.4. The van der Waals surface area contributed by atoms with Gasteiger partial charge in [-0.2, -0.15) is 36.9 Å². The number of ether oxygens (including phenoxy) is 2. The van der Waals surface area contributed by atoms with Crippen LogP contribution in [0.25, 0.3) is 0 Å². The van der Waals surface area contributed by atoms with Crippen LogP contribution in [0.4, 0.5) is 37.7 Å². The van der Waals surface area contributed by atoms with E-state index >= 15 is 0 Å². The molecule has 76 heavy (non-hydrogen) atoms. The third kappa shape index (κ3) is 14.1. The predicted molar refractivity (Wildman–Crippen MR) is 285 cm³/mol. The Balaban J connectivity index is 0.947. The molecule has 7 rings (SSSR count). The Morgan fingerprint density at radius 2 is 0.987 bits per heavy atom. The van der Waals surface area contributed by atoms with E-state index in [1.165, 1.54) is 35.7 Å². The van der Waals surface area contributed by atoms with Crippen LogP contribution in [0.1, 0.15) is 98.8 Å². The van der Waals surface area contributed by atoms with Gasteiger partial charge in [-0.25, -0.2) is 19.6 Å². The van der Waals surface area contributed by atoms with Gasteiger partial charge >= 0.3 is 24.3 Å². The highest BCUT2D eigenvalue weighted by Gasteiger charge is 2.39. The standard InChI is InChI=1S/C56H58F6N8O4S2/c1-5-73-51(71)47-37(3)69(45-15-10-13-43(33-45)55(57,58)59)53(65-49(47)41-21-17-39(35-63)18-22-41)75-31-9-7-8-25-67-27-29-68(30-28-67)26-12-32-76-54-66-50(42-23-19-40(36-64)20-24-42)48(52(72)74-6-2)38(4)70(54)46-16-11-14-44(34-46)56(60,61)62/h10-11,13-24,33-34,49-50H,5-9,12,25-32H2,1-4H3. The molecule has 3 aliphatic heterocycles. The second-order valence-electron chi connectivity index (χ2n) is 18.1. The number of rotatable bonds is 18. The maximum absolute atomic E-state index is 14.0. The highest BCUT2D eigenvalue weighted by atomic mass is 32.2. The second-order valence-corrected chi connectivity index (χ2v) is 20.2. The fourth-order valence-electron chi connectivity index (χ4n) is 9.21. The van der Waals surface area contributed by atoms with Gasteiger partial charge in [-0.1, -0.05) is 66.3 Å². The van der Waals surface area contributed by atoms with Crippen molar-refractivity contribution in [3.8, 4) is 12.1 Å². The number of allylic oxidation sites excluding steroid dienone is 2. The van der Waals surface area contributed by atoms with Gasteiger partial charge in [0.15, 0.2) is 10.3 Å². The molecule has 12 nitrogen and oxygen atoms in total. The molecule has 2 unspecified atom stereocenters. The number of benzene rings is 4. The fraction of sp³-hybridized carbons (Fsp3) is 0.393. The average molecular weight is 1090 g/mol. The van der Waals surface area contributed by atoms with Crippen LogP contribution in [-0.4, -0.2) is 96.1 Å². The predicted octanol–water partition coefficient (Wildman–Crippen LogP) is 12.3. The van der Waals surface area contributed by atoms with Crippen molar-refractivity contribution in [1.82, 2.24) is 9.80 Å². The zero-order chi connectivity index (χ0) is 54.6. The number of aliphatic imine (C=N–C) groups is 2. The van der Waals surface area contributed by atoms with E-state index in [1.54, 1.807) is 98.2 Å². The molecule has 1 fully saturated rings. The maximum atomic E-state index is 14.0. The van der Waals surface area contributed by atoms with Crippen molar-refractivity contribution in [1.29, 1.82) is 10.5 Å². The molecule has 20 heteroatoms. The van der Waals surface area contributed by atoms with Gasteiger partial charge in [0.05, 0.1) is 58.8 Å². The number of unbranched alkanes of at least 4 members (excludes halogenated alkanes) is 2. The van der Waals surface area contributed by atoms with E-state index in [0.717, 1.165) is 89.2 Å². The summed E-state index contributed by atoms with van der Waals surface area (Å²) in [6, 6.07) is 25.8.